The molecule has 28 heavy (non-hydrogen) atoms. The van der Waals surface area contributed by atoms with E-state index in [2.05, 4.69) is 41.1 Å². The van der Waals surface area contributed by atoms with Crippen LogP contribution < -0.4 is 10.2 Å². The van der Waals surface area contributed by atoms with Gasteiger partial charge in [-0.1, -0.05) is 39.2 Å². The Bertz CT molecular complexity index is 669. The van der Waals surface area contributed by atoms with Crippen molar-refractivity contribution in [3.05, 3.63) is 23.4 Å². The highest BCUT2D eigenvalue weighted by Crippen LogP contribution is 2.31. The summed E-state index contributed by atoms with van der Waals surface area (Å²) in [6.07, 6.45) is 8.88. The maximum absolute atomic E-state index is 12.8. The van der Waals surface area contributed by atoms with E-state index in [-0.39, 0.29) is 0 Å². The predicted octanol–water partition coefficient (Wildman–Crippen LogP) is 3.51. The quantitative estimate of drug-likeness (QED) is 0.815. The fraction of sp³-hybridized carbons (Fsp3) is 0.739. The van der Waals surface area contributed by atoms with E-state index in [9.17, 15) is 4.79 Å². The van der Waals surface area contributed by atoms with Crippen LogP contribution in [-0.4, -0.2) is 47.5 Å². The predicted molar refractivity (Wildman–Crippen MR) is 113 cm³/mol. The number of hydrogen-bond acceptors (Lipinski definition) is 4. The summed E-state index contributed by atoms with van der Waals surface area (Å²) in [4.78, 5) is 22.5. The summed E-state index contributed by atoms with van der Waals surface area (Å²) >= 11 is 0. The van der Waals surface area contributed by atoms with Crippen LogP contribution in [0.25, 0.3) is 0 Å². The van der Waals surface area contributed by atoms with Crippen molar-refractivity contribution in [1.82, 2.24) is 15.2 Å². The van der Waals surface area contributed by atoms with Crippen molar-refractivity contribution < 1.29 is 4.79 Å². The molecular weight excluding hydrogens is 348 g/mol. The molecule has 5 heteroatoms. The molecule has 2 saturated heterocycles. The molecule has 154 valence electrons. The first kappa shape index (κ1) is 19.7. The van der Waals surface area contributed by atoms with Crippen molar-refractivity contribution in [2.24, 2.45) is 5.92 Å². The third kappa shape index (κ3) is 4.05. The molecule has 1 amide bonds. The van der Waals surface area contributed by atoms with Crippen molar-refractivity contribution in [3.8, 4) is 0 Å². The summed E-state index contributed by atoms with van der Waals surface area (Å²) in [5.74, 6) is 2.02. The number of fused-ring (bicyclic) bond motifs is 3. The molecule has 4 heterocycles. The van der Waals surface area contributed by atoms with Crippen molar-refractivity contribution >= 4 is 11.7 Å². The topological polar surface area (TPSA) is 48.5 Å². The maximum Gasteiger partial charge on any atom is 0.223 e. The zero-order valence-electron chi connectivity index (χ0n) is 17.6. The molecule has 5 nitrogen and oxygen atoms in total. The van der Waals surface area contributed by atoms with Crippen molar-refractivity contribution in [3.63, 3.8) is 0 Å². The van der Waals surface area contributed by atoms with E-state index >= 15 is 0 Å². The molecule has 1 aromatic rings. The van der Waals surface area contributed by atoms with Gasteiger partial charge in [0.25, 0.3) is 0 Å². The molecular formula is C23H36N4O. The molecule has 0 saturated carbocycles. The maximum atomic E-state index is 12.8. The molecule has 0 aliphatic carbocycles. The van der Waals surface area contributed by atoms with Crippen molar-refractivity contribution in [2.75, 3.05) is 24.5 Å². The minimum atomic E-state index is 0.326. The first-order chi connectivity index (χ1) is 13.7. The van der Waals surface area contributed by atoms with Crippen LogP contribution in [0.1, 0.15) is 70.1 Å². The minimum Gasteiger partial charge on any atom is -0.348 e. The number of amides is 1. The highest BCUT2D eigenvalue weighted by atomic mass is 16.2. The fourth-order valence-corrected chi connectivity index (χ4v) is 5.35. The van der Waals surface area contributed by atoms with Gasteiger partial charge >= 0.3 is 0 Å². The number of anilines is 1. The van der Waals surface area contributed by atoms with Crippen LogP contribution in [0.2, 0.25) is 0 Å². The average Bonchev–Trinajstić information content (AvgIpc) is 2.72. The number of carbonyl (C=O) groups excluding carboxylic acids is 1. The summed E-state index contributed by atoms with van der Waals surface area (Å²) in [6, 6.07) is 5.61. The van der Waals surface area contributed by atoms with Crippen LogP contribution in [0, 0.1) is 5.92 Å². The van der Waals surface area contributed by atoms with Gasteiger partial charge in [-0.05, 0) is 36.8 Å². The highest BCUT2D eigenvalue weighted by Gasteiger charge is 2.35. The molecule has 3 aliphatic heterocycles. The number of aromatic nitrogens is 1. The number of carbonyl (C=O) groups is 1. The summed E-state index contributed by atoms with van der Waals surface area (Å²) in [5, 5.41) is 3.58. The summed E-state index contributed by atoms with van der Waals surface area (Å²) < 4.78 is 0. The summed E-state index contributed by atoms with van der Waals surface area (Å²) in [6.45, 7) is 8.12. The summed E-state index contributed by atoms with van der Waals surface area (Å²) in [5.41, 5.74) is 2.45. The third-order valence-electron chi connectivity index (χ3n) is 7.01. The highest BCUT2D eigenvalue weighted by molar-refractivity contribution is 5.76. The zero-order chi connectivity index (χ0) is 19.5. The number of pyridine rings is 1. The second kappa shape index (κ2) is 8.81. The Morgan fingerprint density at radius 3 is 2.75 bits per heavy atom. The Morgan fingerprint density at radius 2 is 2.04 bits per heavy atom. The molecule has 4 rings (SSSR count). The Balaban J connectivity index is 1.44. The van der Waals surface area contributed by atoms with Gasteiger partial charge in [0.1, 0.15) is 5.82 Å². The first-order valence-corrected chi connectivity index (χ1v) is 11.4. The number of nitrogens with zero attached hydrogens (tertiary/aromatic N) is 3. The standard InChI is InChI=1S/C23H36N4O/c1-3-6-17(4-2)13-23(28)26-12-11-21-18(16-26)9-10-22(25-21)27-19-7-5-8-20(27)15-24-14-19/h9-10,17,19-20,24H,3-8,11-16H2,1-2H3. The van der Waals surface area contributed by atoms with Crippen molar-refractivity contribution in [2.45, 2.75) is 83.8 Å². The van der Waals surface area contributed by atoms with Crippen LogP contribution in [0.5, 0.6) is 0 Å². The van der Waals surface area contributed by atoms with Crippen LogP contribution >= 0.6 is 0 Å². The van der Waals surface area contributed by atoms with Gasteiger partial charge in [0.15, 0.2) is 0 Å². The molecule has 3 aliphatic rings. The largest absolute Gasteiger partial charge is 0.348 e. The molecule has 1 N–H and O–H groups in total. The molecule has 0 radical (unpaired) electrons. The molecule has 1 aromatic heterocycles. The van der Waals surface area contributed by atoms with Gasteiger partial charge in [-0.15, -0.1) is 0 Å². The summed E-state index contributed by atoms with van der Waals surface area (Å²) in [7, 11) is 0. The lowest BCUT2D eigenvalue weighted by Crippen LogP contribution is -2.60. The zero-order valence-corrected chi connectivity index (χ0v) is 17.6. The Labute approximate surface area is 169 Å². The van der Waals surface area contributed by atoms with Gasteiger partial charge in [-0.25, -0.2) is 4.98 Å². The monoisotopic (exact) mass is 384 g/mol. The number of piperazine rings is 1. The Hall–Kier alpha value is -1.62. The average molecular weight is 385 g/mol. The lowest BCUT2D eigenvalue weighted by atomic mass is 9.92. The number of hydrogen-bond donors (Lipinski definition) is 1. The second-order valence-corrected chi connectivity index (χ2v) is 8.91. The van der Waals surface area contributed by atoms with Gasteiger partial charge in [0.05, 0.1) is 0 Å². The van der Waals surface area contributed by atoms with E-state index in [1.54, 1.807) is 0 Å². The number of rotatable bonds is 6. The van der Waals surface area contributed by atoms with Crippen LogP contribution in [0.15, 0.2) is 12.1 Å². The van der Waals surface area contributed by atoms with Crippen LogP contribution in [0.3, 0.4) is 0 Å². The fourth-order valence-electron chi connectivity index (χ4n) is 5.35. The normalized spacial score (nSPS) is 25.4. The van der Waals surface area contributed by atoms with Gasteiger partial charge < -0.3 is 15.1 Å². The number of nitrogens with one attached hydrogen (secondary N) is 1. The van der Waals surface area contributed by atoms with Gasteiger partial charge in [-0.3, -0.25) is 4.79 Å². The minimum absolute atomic E-state index is 0.326. The van der Waals surface area contributed by atoms with Gasteiger partial charge in [0, 0.05) is 56.8 Å². The lowest BCUT2D eigenvalue weighted by Gasteiger charge is -2.47. The molecule has 0 spiro atoms. The molecule has 3 unspecified atom stereocenters. The van der Waals surface area contributed by atoms with Gasteiger partial charge in [0.2, 0.25) is 5.91 Å². The van der Waals surface area contributed by atoms with Crippen molar-refractivity contribution in [1.29, 1.82) is 0 Å². The van der Waals surface area contributed by atoms with Crippen LogP contribution in [0.4, 0.5) is 5.82 Å². The Morgan fingerprint density at radius 1 is 1.25 bits per heavy atom. The SMILES string of the molecule is CCCC(CC)CC(=O)N1CCc2nc(N3C4CCCC3CNC4)ccc2C1. The molecule has 0 aromatic carbocycles. The third-order valence-corrected chi connectivity index (χ3v) is 7.01. The van der Waals surface area contributed by atoms with E-state index in [1.165, 1.54) is 30.5 Å². The smallest absolute Gasteiger partial charge is 0.223 e. The molecule has 2 fully saturated rings. The van der Waals surface area contributed by atoms with E-state index in [0.29, 0.717) is 30.3 Å². The first-order valence-electron chi connectivity index (χ1n) is 11.4. The van der Waals surface area contributed by atoms with Gasteiger partial charge in [-0.2, -0.15) is 0 Å². The molecule has 3 atom stereocenters. The van der Waals surface area contributed by atoms with E-state index in [0.717, 1.165) is 57.7 Å². The number of piperidine rings is 1. The van der Waals surface area contributed by atoms with Crippen LogP contribution in [-0.2, 0) is 17.8 Å². The van der Waals surface area contributed by atoms with E-state index < -0.39 is 0 Å². The second-order valence-electron chi connectivity index (χ2n) is 8.91. The lowest BCUT2D eigenvalue weighted by molar-refractivity contribution is -0.133. The molecule has 2 bridgehead atoms. The van der Waals surface area contributed by atoms with E-state index in [4.69, 9.17) is 4.98 Å². The van der Waals surface area contributed by atoms with E-state index in [1.807, 2.05) is 0 Å². The Kier molecular flexibility index (Phi) is 6.19.